The van der Waals surface area contributed by atoms with Crippen LogP contribution in [0.25, 0.3) is 10.8 Å². The number of hydrogen-bond donors (Lipinski definition) is 1. The number of rotatable bonds is 4. The summed E-state index contributed by atoms with van der Waals surface area (Å²) in [6, 6.07) is 10.9. The van der Waals surface area contributed by atoms with Gasteiger partial charge in [-0.05, 0) is 16.8 Å². The second-order valence-electron chi connectivity index (χ2n) is 4.97. The molecule has 0 fully saturated rings. The first-order valence-corrected chi connectivity index (χ1v) is 7.07. The van der Waals surface area contributed by atoms with E-state index in [-0.39, 0.29) is 0 Å². The van der Waals surface area contributed by atoms with E-state index in [4.69, 9.17) is 4.74 Å². The zero-order chi connectivity index (χ0) is 18.0. The Morgan fingerprint density at radius 3 is 2.36 bits per heavy atom. The van der Waals surface area contributed by atoms with Crippen LogP contribution in [0.3, 0.4) is 0 Å². The summed E-state index contributed by atoms with van der Waals surface area (Å²) < 4.78 is 58.6. The average molecular weight is 349 g/mol. The standard InChI is InChI=1S/C17H11F4N3O/c1-25-12-7-6-9-4-2-3-5-10(9)11(12)8-22-24-15-13(18)16(20)23-17(21)14(15)19/h2-8H,1H3,(H,23,24)/b22-8-. The number of benzene rings is 2. The Hall–Kier alpha value is -3.16. The second-order valence-corrected chi connectivity index (χ2v) is 4.97. The third-order valence-corrected chi connectivity index (χ3v) is 3.52. The maximum Gasteiger partial charge on any atom is 0.254 e. The van der Waals surface area contributed by atoms with E-state index in [0.717, 1.165) is 10.8 Å². The highest BCUT2D eigenvalue weighted by molar-refractivity contribution is 6.02. The maximum atomic E-state index is 13.6. The number of pyridine rings is 1. The molecule has 25 heavy (non-hydrogen) atoms. The fourth-order valence-electron chi connectivity index (χ4n) is 2.33. The molecule has 4 nitrogen and oxygen atoms in total. The molecule has 8 heteroatoms. The fraction of sp³-hybridized carbons (Fsp3) is 0.0588. The Kier molecular flexibility index (Phi) is 4.51. The summed E-state index contributed by atoms with van der Waals surface area (Å²) in [5.74, 6) is -6.39. The minimum absolute atomic E-state index is 0.470. The van der Waals surface area contributed by atoms with Gasteiger partial charge in [-0.1, -0.05) is 30.3 Å². The van der Waals surface area contributed by atoms with Crippen molar-refractivity contribution in [2.24, 2.45) is 5.10 Å². The molecule has 0 aliphatic carbocycles. The van der Waals surface area contributed by atoms with Gasteiger partial charge in [0.2, 0.25) is 11.6 Å². The highest BCUT2D eigenvalue weighted by Crippen LogP contribution is 2.27. The highest BCUT2D eigenvalue weighted by atomic mass is 19.2. The van der Waals surface area contributed by atoms with E-state index in [1.807, 2.05) is 29.7 Å². The quantitative estimate of drug-likeness (QED) is 0.332. The summed E-state index contributed by atoms with van der Waals surface area (Å²) >= 11 is 0. The Morgan fingerprint density at radius 1 is 1.00 bits per heavy atom. The normalized spacial score (nSPS) is 11.2. The van der Waals surface area contributed by atoms with Gasteiger partial charge >= 0.3 is 0 Å². The molecule has 0 amide bonds. The molecule has 1 aromatic heterocycles. The number of hydrogen-bond acceptors (Lipinski definition) is 4. The number of anilines is 1. The van der Waals surface area contributed by atoms with Gasteiger partial charge in [0.25, 0.3) is 11.9 Å². The minimum atomic E-state index is -1.76. The van der Waals surface area contributed by atoms with Crippen LogP contribution in [-0.2, 0) is 0 Å². The van der Waals surface area contributed by atoms with E-state index < -0.39 is 29.2 Å². The molecule has 0 bridgehead atoms. The largest absolute Gasteiger partial charge is 0.496 e. The summed E-state index contributed by atoms with van der Waals surface area (Å²) in [6.45, 7) is 0. The molecule has 128 valence electrons. The number of methoxy groups -OCH3 is 1. The smallest absolute Gasteiger partial charge is 0.254 e. The van der Waals surface area contributed by atoms with Gasteiger partial charge in [0.05, 0.1) is 13.3 Å². The Bertz CT molecular complexity index is 950. The highest BCUT2D eigenvalue weighted by Gasteiger charge is 2.20. The summed E-state index contributed by atoms with van der Waals surface area (Å²) in [7, 11) is 1.46. The van der Waals surface area contributed by atoms with E-state index in [1.54, 1.807) is 12.1 Å². The van der Waals surface area contributed by atoms with Crippen LogP contribution in [0.4, 0.5) is 23.2 Å². The lowest BCUT2D eigenvalue weighted by Gasteiger charge is -2.09. The molecule has 1 heterocycles. The van der Waals surface area contributed by atoms with Gasteiger partial charge in [0.1, 0.15) is 11.4 Å². The maximum absolute atomic E-state index is 13.6. The van der Waals surface area contributed by atoms with Crippen LogP contribution in [0.15, 0.2) is 41.5 Å². The van der Waals surface area contributed by atoms with Crippen LogP contribution in [0.5, 0.6) is 5.75 Å². The van der Waals surface area contributed by atoms with Crippen molar-refractivity contribution in [3.05, 3.63) is 65.5 Å². The van der Waals surface area contributed by atoms with Crippen molar-refractivity contribution in [1.82, 2.24) is 4.98 Å². The molecule has 2 aromatic carbocycles. The molecule has 0 aliphatic rings. The van der Waals surface area contributed by atoms with E-state index in [2.05, 4.69) is 10.1 Å². The van der Waals surface area contributed by atoms with Gasteiger partial charge in [-0.2, -0.15) is 27.6 Å². The molecule has 0 spiro atoms. The number of hydrazone groups is 1. The van der Waals surface area contributed by atoms with Crippen LogP contribution < -0.4 is 10.2 Å². The third-order valence-electron chi connectivity index (χ3n) is 3.52. The number of fused-ring (bicyclic) bond motifs is 1. The third kappa shape index (κ3) is 3.10. The van der Waals surface area contributed by atoms with Gasteiger partial charge in [-0.3, -0.25) is 5.43 Å². The van der Waals surface area contributed by atoms with Crippen molar-refractivity contribution in [2.75, 3.05) is 12.5 Å². The number of nitrogens with one attached hydrogen (secondary N) is 1. The lowest BCUT2D eigenvalue weighted by atomic mass is 10.0. The molecule has 0 saturated carbocycles. The number of ether oxygens (including phenoxy) is 1. The van der Waals surface area contributed by atoms with E-state index in [1.165, 1.54) is 13.3 Å². The molecule has 3 aromatic rings. The first-order valence-electron chi connectivity index (χ1n) is 7.07. The van der Waals surface area contributed by atoms with Gasteiger partial charge in [0.15, 0.2) is 0 Å². The number of nitrogens with zero attached hydrogens (tertiary/aromatic N) is 2. The first kappa shape index (κ1) is 16.7. The molecule has 0 atom stereocenters. The summed E-state index contributed by atoms with van der Waals surface area (Å²) in [6.07, 6.45) is 1.25. The number of aromatic nitrogens is 1. The summed E-state index contributed by atoms with van der Waals surface area (Å²) in [5, 5.41) is 5.35. The van der Waals surface area contributed by atoms with Crippen LogP contribution in [-0.4, -0.2) is 18.3 Å². The Labute approximate surface area is 139 Å². The summed E-state index contributed by atoms with van der Waals surface area (Å²) in [5.41, 5.74) is 1.43. The molecular formula is C17H11F4N3O. The van der Waals surface area contributed by atoms with Crippen LogP contribution in [0.2, 0.25) is 0 Å². The van der Waals surface area contributed by atoms with Gasteiger partial charge in [-0.25, -0.2) is 0 Å². The van der Waals surface area contributed by atoms with Crippen LogP contribution >= 0.6 is 0 Å². The van der Waals surface area contributed by atoms with E-state index in [0.29, 0.717) is 11.3 Å². The minimum Gasteiger partial charge on any atom is -0.496 e. The van der Waals surface area contributed by atoms with Crippen molar-refractivity contribution in [1.29, 1.82) is 0 Å². The molecule has 3 rings (SSSR count). The molecule has 1 N–H and O–H groups in total. The topological polar surface area (TPSA) is 46.5 Å². The van der Waals surface area contributed by atoms with Crippen molar-refractivity contribution in [3.63, 3.8) is 0 Å². The second kappa shape index (κ2) is 6.76. The fourth-order valence-corrected chi connectivity index (χ4v) is 2.33. The van der Waals surface area contributed by atoms with Gasteiger partial charge in [0, 0.05) is 5.56 Å². The van der Waals surface area contributed by atoms with Crippen molar-refractivity contribution < 1.29 is 22.3 Å². The Balaban J connectivity index is 2.00. The van der Waals surface area contributed by atoms with Crippen LogP contribution in [0.1, 0.15) is 5.56 Å². The predicted molar refractivity (Wildman–Crippen MR) is 85.8 cm³/mol. The lowest BCUT2D eigenvalue weighted by molar-refractivity contribution is 0.411. The van der Waals surface area contributed by atoms with Crippen LogP contribution in [0, 0.1) is 23.5 Å². The monoisotopic (exact) mass is 349 g/mol. The van der Waals surface area contributed by atoms with E-state index in [9.17, 15) is 17.6 Å². The summed E-state index contributed by atoms with van der Waals surface area (Å²) in [4.78, 5) is 2.47. The molecular weight excluding hydrogens is 338 g/mol. The predicted octanol–water partition coefficient (Wildman–Crippen LogP) is 4.25. The number of halogens is 4. The lowest BCUT2D eigenvalue weighted by Crippen LogP contribution is -2.06. The molecule has 0 radical (unpaired) electrons. The Morgan fingerprint density at radius 2 is 1.68 bits per heavy atom. The SMILES string of the molecule is COc1ccc2ccccc2c1/C=N\Nc1c(F)c(F)nc(F)c1F. The van der Waals surface area contributed by atoms with Crippen molar-refractivity contribution >= 4 is 22.7 Å². The van der Waals surface area contributed by atoms with Crippen molar-refractivity contribution in [3.8, 4) is 5.75 Å². The zero-order valence-electron chi connectivity index (χ0n) is 12.9. The van der Waals surface area contributed by atoms with Gasteiger partial charge in [-0.15, -0.1) is 0 Å². The van der Waals surface area contributed by atoms with Gasteiger partial charge < -0.3 is 4.74 Å². The van der Waals surface area contributed by atoms with E-state index >= 15 is 0 Å². The first-order chi connectivity index (χ1) is 12.0. The van der Waals surface area contributed by atoms with Crippen molar-refractivity contribution in [2.45, 2.75) is 0 Å². The average Bonchev–Trinajstić information content (AvgIpc) is 2.62. The molecule has 0 saturated heterocycles. The molecule has 0 aliphatic heterocycles. The molecule has 0 unspecified atom stereocenters. The zero-order valence-corrected chi connectivity index (χ0v) is 12.9.